The lowest BCUT2D eigenvalue weighted by molar-refractivity contribution is 0.0747. The molecular formula is C18H18FN3O4S. The average Bonchev–Trinajstić information content (AvgIpc) is 3.00. The van der Waals surface area contributed by atoms with Crippen molar-refractivity contribution < 1.29 is 22.4 Å². The first kappa shape index (κ1) is 19.0. The molecule has 3 rings (SSSR count). The maximum absolute atomic E-state index is 13.2. The molecule has 1 aliphatic rings. The van der Waals surface area contributed by atoms with Crippen LogP contribution in [0.4, 0.5) is 10.1 Å². The Morgan fingerprint density at radius 3 is 2.63 bits per heavy atom. The third-order valence-corrected chi connectivity index (χ3v) is 6.16. The van der Waals surface area contributed by atoms with Crippen molar-refractivity contribution in [1.82, 2.24) is 9.88 Å². The van der Waals surface area contributed by atoms with Crippen molar-refractivity contribution in [2.24, 2.45) is 0 Å². The van der Waals surface area contributed by atoms with Crippen molar-refractivity contribution in [3.8, 4) is 0 Å². The van der Waals surface area contributed by atoms with Gasteiger partial charge in [-0.1, -0.05) is 6.07 Å². The van der Waals surface area contributed by atoms with Gasteiger partial charge >= 0.3 is 0 Å². The summed E-state index contributed by atoms with van der Waals surface area (Å²) in [6.45, 7) is 0. The van der Waals surface area contributed by atoms with Crippen LogP contribution in [0.15, 0.2) is 42.7 Å². The first-order chi connectivity index (χ1) is 12.7. The maximum atomic E-state index is 13.2. The molecular weight excluding hydrogens is 373 g/mol. The van der Waals surface area contributed by atoms with Gasteiger partial charge in [-0.25, -0.2) is 12.8 Å². The molecule has 142 valence electrons. The summed E-state index contributed by atoms with van der Waals surface area (Å²) < 4.78 is 36.5. The van der Waals surface area contributed by atoms with Gasteiger partial charge in [0.15, 0.2) is 9.84 Å². The predicted octanol–water partition coefficient (Wildman–Crippen LogP) is 1.73. The summed E-state index contributed by atoms with van der Waals surface area (Å²) in [5.74, 6) is -1.44. The fourth-order valence-corrected chi connectivity index (χ4v) is 4.68. The number of hydrogen-bond acceptors (Lipinski definition) is 5. The minimum Gasteiger partial charge on any atom is -0.338 e. The molecule has 1 unspecified atom stereocenters. The van der Waals surface area contributed by atoms with E-state index in [-0.39, 0.29) is 28.3 Å². The van der Waals surface area contributed by atoms with Crippen LogP contribution in [-0.2, 0) is 9.84 Å². The number of amides is 2. The normalized spacial score (nSPS) is 18.1. The summed E-state index contributed by atoms with van der Waals surface area (Å²) in [5, 5.41) is 2.54. The van der Waals surface area contributed by atoms with Crippen molar-refractivity contribution in [3.05, 3.63) is 59.7 Å². The first-order valence-electron chi connectivity index (χ1n) is 8.25. The maximum Gasteiger partial charge on any atom is 0.257 e. The zero-order valence-electron chi connectivity index (χ0n) is 14.6. The average molecular weight is 391 g/mol. The van der Waals surface area contributed by atoms with Crippen LogP contribution >= 0.6 is 0 Å². The second-order valence-corrected chi connectivity index (χ2v) is 8.63. The predicted molar refractivity (Wildman–Crippen MR) is 97.7 cm³/mol. The molecule has 1 aromatic heterocycles. The summed E-state index contributed by atoms with van der Waals surface area (Å²) >= 11 is 0. The number of pyridine rings is 1. The minimum atomic E-state index is -3.12. The number of sulfone groups is 1. The summed E-state index contributed by atoms with van der Waals surface area (Å²) in [5.41, 5.74) is 0.594. The number of benzene rings is 1. The highest BCUT2D eigenvalue weighted by Gasteiger charge is 2.33. The van der Waals surface area contributed by atoms with Gasteiger partial charge in [-0.15, -0.1) is 0 Å². The standard InChI is InChI=1S/C18H18FN3O4S/c1-22(16-5-6-27(25,26)11-16)18(24)13-7-12(9-20-10-13)17(23)21-15-4-2-3-14(19)8-15/h2-4,7-10,16H,5-6,11H2,1H3,(H,21,23). The van der Waals surface area contributed by atoms with Gasteiger partial charge in [0.25, 0.3) is 11.8 Å². The van der Waals surface area contributed by atoms with Gasteiger partial charge in [-0.3, -0.25) is 14.6 Å². The van der Waals surface area contributed by atoms with E-state index in [0.717, 1.165) is 0 Å². The molecule has 0 spiro atoms. The third kappa shape index (κ3) is 4.48. The first-order valence-corrected chi connectivity index (χ1v) is 10.1. The number of hydrogen-bond donors (Lipinski definition) is 1. The van der Waals surface area contributed by atoms with E-state index < -0.39 is 33.5 Å². The Morgan fingerprint density at radius 2 is 1.96 bits per heavy atom. The highest BCUT2D eigenvalue weighted by atomic mass is 32.2. The Bertz CT molecular complexity index is 994. The molecule has 2 heterocycles. The Hall–Kier alpha value is -2.81. The lowest BCUT2D eigenvalue weighted by Crippen LogP contribution is -2.38. The van der Waals surface area contributed by atoms with Gasteiger partial charge in [0.1, 0.15) is 5.82 Å². The molecule has 1 saturated heterocycles. The second kappa shape index (κ2) is 7.43. The number of halogens is 1. The van der Waals surface area contributed by atoms with Gasteiger partial charge in [0.2, 0.25) is 0 Å². The van der Waals surface area contributed by atoms with Crippen LogP contribution in [0.2, 0.25) is 0 Å². The van der Waals surface area contributed by atoms with Crippen molar-refractivity contribution >= 4 is 27.3 Å². The topological polar surface area (TPSA) is 96.4 Å². The molecule has 9 heteroatoms. The summed E-state index contributed by atoms with van der Waals surface area (Å²) in [4.78, 5) is 30.3. The van der Waals surface area contributed by atoms with Crippen LogP contribution in [0.25, 0.3) is 0 Å². The molecule has 1 atom stereocenters. The molecule has 0 aliphatic carbocycles. The quantitative estimate of drug-likeness (QED) is 0.856. The highest BCUT2D eigenvalue weighted by molar-refractivity contribution is 7.91. The van der Waals surface area contributed by atoms with E-state index in [4.69, 9.17) is 0 Å². The van der Waals surface area contributed by atoms with E-state index in [1.54, 1.807) is 0 Å². The molecule has 0 radical (unpaired) electrons. The van der Waals surface area contributed by atoms with Crippen molar-refractivity contribution in [2.45, 2.75) is 12.5 Å². The molecule has 1 aliphatic heterocycles. The Labute approximate surface area is 156 Å². The number of aromatic nitrogens is 1. The lowest BCUT2D eigenvalue weighted by Gasteiger charge is -2.23. The fraction of sp³-hybridized carbons (Fsp3) is 0.278. The second-order valence-electron chi connectivity index (χ2n) is 6.40. The van der Waals surface area contributed by atoms with Crippen LogP contribution in [-0.4, -0.2) is 54.7 Å². The molecule has 1 fully saturated rings. The molecule has 7 nitrogen and oxygen atoms in total. The van der Waals surface area contributed by atoms with E-state index in [1.807, 2.05) is 0 Å². The zero-order valence-corrected chi connectivity index (χ0v) is 15.4. The van der Waals surface area contributed by atoms with Gasteiger partial charge in [-0.2, -0.15) is 0 Å². The SMILES string of the molecule is CN(C(=O)c1cncc(C(=O)Nc2cccc(F)c2)c1)C1CCS(=O)(=O)C1. The summed E-state index contributed by atoms with van der Waals surface area (Å²) in [6.07, 6.45) is 3.00. The molecule has 2 amide bonds. The molecule has 1 aromatic carbocycles. The van der Waals surface area contributed by atoms with E-state index in [2.05, 4.69) is 10.3 Å². The van der Waals surface area contributed by atoms with Gasteiger partial charge in [-0.05, 0) is 30.7 Å². The molecule has 27 heavy (non-hydrogen) atoms. The monoisotopic (exact) mass is 391 g/mol. The third-order valence-electron chi connectivity index (χ3n) is 4.41. The van der Waals surface area contributed by atoms with Gasteiger partial charge in [0.05, 0.1) is 22.6 Å². The van der Waals surface area contributed by atoms with E-state index in [1.165, 1.54) is 54.7 Å². The largest absolute Gasteiger partial charge is 0.338 e. The van der Waals surface area contributed by atoms with Crippen LogP contribution in [0.5, 0.6) is 0 Å². The van der Waals surface area contributed by atoms with Gasteiger partial charge in [0, 0.05) is 31.2 Å². The number of nitrogens with zero attached hydrogens (tertiary/aromatic N) is 2. The molecule has 0 bridgehead atoms. The van der Waals surface area contributed by atoms with Crippen LogP contribution in [0, 0.1) is 5.82 Å². The van der Waals surface area contributed by atoms with Crippen LogP contribution in [0.1, 0.15) is 27.1 Å². The Kier molecular flexibility index (Phi) is 5.22. The van der Waals surface area contributed by atoms with Crippen LogP contribution in [0.3, 0.4) is 0 Å². The van der Waals surface area contributed by atoms with Crippen molar-refractivity contribution in [2.75, 3.05) is 23.9 Å². The summed E-state index contributed by atoms with van der Waals surface area (Å²) in [6, 6.07) is 6.42. The molecule has 0 saturated carbocycles. The van der Waals surface area contributed by atoms with Crippen molar-refractivity contribution in [1.29, 1.82) is 0 Å². The summed E-state index contributed by atoms with van der Waals surface area (Å²) in [7, 11) is -1.59. The lowest BCUT2D eigenvalue weighted by atomic mass is 10.1. The number of carbonyl (C=O) groups is 2. The zero-order chi connectivity index (χ0) is 19.6. The van der Waals surface area contributed by atoms with Crippen LogP contribution < -0.4 is 5.32 Å². The van der Waals surface area contributed by atoms with E-state index in [9.17, 15) is 22.4 Å². The number of nitrogens with one attached hydrogen (secondary N) is 1. The van der Waals surface area contributed by atoms with E-state index >= 15 is 0 Å². The number of anilines is 1. The Morgan fingerprint density at radius 1 is 1.22 bits per heavy atom. The smallest absolute Gasteiger partial charge is 0.257 e. The minimum absolute atomic E-state index is 0.0591. The highest BCUT2D eigenvalue weighted by Crippen LogP contribution is 2.19. The molecule has 2 aromatic rings. The van der Waals surface area contributed by atoms with Gasteiger partial charge < -0.3 is 10.2 Å². The number of rotatable bonds is 4. The Balaban J connectivity index is 1.74. The number of carbonyl (C=O) groups excluding carboxylic acids is 2. The van der Waals surface area contributed by atoms with Crippen molar-refractivity contribution in [3.63, 3.8) is 0 Å². The molecule has 1 N–H and O–H groups in total. The fourth-order valence-electron chi connectivity index (χ4n) is 2.90. The van der Waals surface area contributed by atoms with E-state index in [0.29, 0.717) is 6.42 Å².